The average Bonchev–Trinajstić information content (AvgIpc) is 3.08. The molecule has 1 aromatic heterocycles. The summed E-state index contributed by atoms with van der Waals surface area (Å²) in [6.45, 7) is -0.184. The minimum absolute atomic E-state index is 0.125. The second kappa shape index (κ2) is 9.50. The molecule has 3 rings (SSSR count). The number of anilines is 1. The van der Waals surface area contributed by atoms with Crippen molar-refractivity contribution in [2.75, 3.05) is 19.0 Å². The predicted molar refractivity (Wildman–Crippen MR) is 109 cm³/mol. The molecule has 0 spiro atoms. The third kappa shape index (κ3) is 5.19. The Labute approximate surface area is 168 Å². The standard InChI is InChI=1S/C21H24N2O4S/c1-27-19(24)13-22-20(25)14-8-10-16(11-9-14)23-21(26)18-12-15-6-4-2-3-5-7-17(15)28-18/h8-12H,2-7,13H2,1H3,(H,22,25)(H,23,26). The van der Waals surface area contributed by atoms with Gasteiger partial charge < -0.3 is 15.4 Å². The van der Waals surface area contributed by atoms with Gasteiger partial charge in [-0.2, -0.15) is 0 Å². The van der Waals surface area contributed by atoms with Crippen molar-refractivity contribution in [1.29, 1.82) is 0 Å². The van der Waals surface area contributed by atoms with Gasteiger partial charge in [0.05, 0.1) is 12.0 Å². The second-order valence-corrected chi connectivity index (χ2v) is 7.90. The molecule has 7 heteroatoms. The summed E-state index contributed by atoms with van der Waals surface area (Å²) in [7, 11) is 1.26. The molecule has 0 aliphatic heterocycles. The lowest BCUT2D eigenvalue weighted by Crippen LogP contribution is -2.30. The van der Waals surface area contributed by atoms with E-state index in [-0.39, 0.29) is 18.4 Å². The fraction of sp³-hybridized carbons (Fsp3) is 0.381. The molecule has 6 nitrogen and oxygen atoms in total. The molecule has 1 aliphatic rings. The fourth-order valence-electron chi connectivity index (χ4n) is 3.18. The van der Waals surface area contributed by atoms with Gasteiger partial charge in [0.2, 0.25) is 0 Å². The number of methoxy groups -OCH3 is 1. The van der Waals surface area contributed by atoms with Crippen LogP contribution in [0.15, 0.2) is 30.3 Å². The molecule has 1 aromatic carbocycles. The van der Waals surface area contributed by atoms with Gasteiger partial charge in [-0.1, -0.05) is 12.8 Å². The average molecular weight is 401 g/mol. The van der Waals surface area contributed by atoms with Gasteiger partial charge in [0, 0.05) is 16.1 Å². The van der Waals surface area contributed by atoms with Gasteiger partial charge in [-0.15, -0.1) is 11.3 Å². The third-order valence-electron chi connectivity index (χ3n) is 4.75. The largest absolute Gasteiger partial charge is 0.468 e. The van der Waals surface area contributed by atoms with Gasteiger partial charge in [-0.05, 0) is 61.6 Å². The quantitative estimate of drug-likeness (QED) is 0.752. The van der Waals surface area contributed by atoms with E-state index in [1.165, 1.54) is 43.2 Å². The minimum atomic E-state index is -0.512. The summed E-state index contributed by atoms with van der Waals surface area (Å²) >= 11 is 1.58. The first-order valence-corrected chi connectivity index (χ1v) is 10.3. The number of fused-ring (bicyclic) bond motifs is 1. The van der Waals surface area contributed by atoms with Crippen molar-refractivity contribution in [3.63, 3.8) is 0 Å². The molecule has 0 atom stereocenters. The SMILES string of the molecule is COC(=O)CNC(=O)c1ccc(NC(=O)c2cc3c(s2)CCCCCC3)cc1. The van der Waals surface area contributed by atoms with Crippen molar-refractivity contribution in [2.45, 2.75) is 38.5 Å². The van der Waals surface area contributed by atoms with E-state index in [9.17, 15) is 14.4 Å². The van der Waals surface area contributed by atoms with Crippen molar-refractivity contribution < 1.29 is 19.1 Å². The molecule has 0 fully saturated rings. The van der Waals surface area contributed by atoms with Crippen LogP contribution in [0.5, 0.6) is 0 Å². The van der Waals surface area contributed by atoms with Crippen LogP contribution >= 0.6 is 11.3 Å². The molecule has 2 amide bonds. The first kappa shape index (κ1) is 20.1. The van der Waals surface area contributed by atoms with Crippen molar-refractivity contribution in [2.24, 2.45) is 0 Å². The van der Waals surface area contributed by atoms with Gasteiger partial charge in [-0.3, -0.25) is 14.4 Å². The lowest BCUT2D eigenvalue weighted by molar-refractivity contribution is -0.139. The summed E-state index contributed by atoms with van der Waals surface area (Å²) in [5, 5.41) is 5.36. The first-order chi connectivity index (χ1) is 13.6. The molecule has 0 saturated heterocycles. The van der Waals surface area contributed by atoms with E-state index in [1.54, 1.807) is 35.6 Å². The van der Waals surface area contributed by atoms with Crippen molar-refractivity contribution in [3.05, 3.63) is 51.2 Å². The predicted octanol–water partition coefficient (Wildman–Crippen LogP) is 3.56. The zero-order valence-corrected chi connectivity index (χ0v) is 16.7. The Bertz CT molecular complexity index is 832. The Morgan fingerprint density at radius 2 is 1.71 bits per heavy atom. The van der Waals surface area contributed by atoms with E-state index in [0.29, 0.717) is 11.3 Å². The molecule has 2 N–H and O–H groups in total. The summed E-state index contributed by atoms with van der Waals surface area (Å²) in [4.78, 5) is 37.7. The Hall–Kier alpha value is -2.67. The number of ether oxygens (including phenoxy) is 1. The lowest BCUT2D eigenvalue weighted by atomic mass is 10.00. The highest BCUT2D eigenvalue weighted by molar-refractivity contribution is 7.14. The summed E-state index contributed by atoms with van der Waals surface area (Å²) in [5.41, 5.74) is 2.34. The molecule has 0 unspecified atom stereocenters. The molecule has 0 bridgehead atoms. The van der Waals surface area contributed by atoms with Crippen LogP contribution in [-0.2, 0) is 22.4 Å². The molecule has 2 aromatic rings. The number of hydrogen-bond donors (Lipinski definition) is 2. The Kier molecular flexibility index (Phi) is 6.81. The fourth-order valence-corrected chi connectivity index (χ4v) is 4.33. The number of esters is 1. The summed E-state index contributed by atoms with van der Waals surface area (Å²) in [6.07, 6.45) is 7.00. The van der Waals surface area contributed by atoms with Gasteiger partial charge in [0.15, 0.2) is 0 Å². The summed E-state index contributed by atoms with van der Waals surface area (Å²) in [5.74, 6) is -1.01. The van der Waals surface area contributed by atoms with Crippen LogP contribution in [0, 0.1) is 0 Å². The van der Waals surface area contributed by atoms with Crippen LogP contribution in [0.3, 0.4) is 0 Å². The van der Waals surface area contributed by atoms with Crippen LogP contribution in [0.25, 0.3) is 0 Å². The van der Waals surface area contributed by atoms with Crippen molar-refractivity contribution in [3.8, 4) is 0 Å². The van der Waals surface area contributed by atoms with Crippen LogP contribution in [0.1, 0.15) is 56.2 Å². The zero-order valence-electron chi connectivity index (χ0n) is 15.9. The Morgan fingerprint density at radius 1 is 1.00 bits per heavy atom. The van der Waals surface area contributed by atoms with E-state index in [0.717, 1.165) is 17.7 Å². The van der Waals surface area contributed by atoms with Crippen molar-refractivity contribution in [1.82, 2.24) is 5.32 Å². The number of benzene rings is 1. The number of thiophene rings is 1. The second-order valence-electron chi connectivity index (χ2n) is 6.76. The molecule has 28 heavy (non-hydrogen) atoms. The number of hydrogen-bond acceptors (Lipinski definition) is 5. The molecule has 1 aliphatic carbocycles. The maximum atomic E-state index is 12.6. The third-order valence-corrected chi connectivity index (χ3v) is 5.98. The van der Waals surface area contributed by atoms with E-state index >= 15 is 0 Å². The number of rotatable bonds is 5. The van der Waals surface area contributed by atoms with E-state index in [4.69, 9.17) is 0 Å². The monoisotopic (exact) mass is 400 g/mol. The van der Waals surface area contributed by atoms with Crippen LogP contribution < -0.4 is 10.6 Å². The van der Waals surface area contributed by atoms with Gasteiger partial charge >= 0.3 is 5.97 Å². The van der Waals surface area contributed by atoms with E-state index in [2.05, 4.69) is 15.4 Å². The van der Waals surface area contributed by atoms with Crippen LogP contribution in [0.4, 0.5) is 5.69 Å². The molecule has 0 saturated carbocycles. The number of aryl methyl sites for hydroxylation is 2. The van der Waals surface area contributed by atoms with Crippen LogP contribution in [0.2, 0.25) is 0 Å². The maximum Gasteiger partial charge on any atom is 0.325 e. The molecular formula is C21H24N2O4S. The Balaban J connectivity index is 1.61. The smallest absolute Gasteiger partial charge is 0.325 e. The van der Waals surface area contributed by atoms with Crippen molar-refractivity contribution >= 4 is 34.8 Å². The highest BCUT2D eigenvalue weighted by Gasteiger charge is 2.16. The van der Waals surface area contributed by atoms with Gasteiger partial charge in [0.1, 0.15) is 6.54 Å². The van der Waals surface area contributed by atoms with Gasteiger partial charge in [0.25, 0.3) is 11.8 Å². The molecule has 1 heterocycles. The molecule has 148 valence electrons. The first-order valence-electron chi connectivity index (χ1n) is 9.45. The molecule has 0 radical (unpaired) electrons. The van der Waals surface area contributed by atoms with E-state index < -0.39 is 5.97 Å². The number of amides is 2. The lowest BCUT2D eigenvalue weighted by Gasteiger charge is -2.07. The zero-order chi connectivity index (χ0) is 19.9. The number of carbonyl (C=O) groups excluding carboxylic acids is 3. The summed E-state index contributed by atoms with van der Waals surface area (Å²) in [6, 6.07) is 8.59. The molecular weight excluding hydrogens is 376 g/mol. The topological polar surface area (TPSA) is 84.5 Å². The van der Waals surface area contributed by atoms with Gasteiger partial charge in [-0.25, -0.2) is 0 Å². The normalized spacial score (nSPS) is 13.6. The van der Waals surface area contributed by atoms with Crippen LogP contribution in [-0.4, -0.2) is 31.4 Å². The minimum Gasteiger partial charge on any atom is -0.468 e. The number of nitrogens with one attached hydrogen (secondary N) is 2. The summed E-state index contributed by atoms with van der Waals surface area (Å²) < 4.78 is 4.49. The Morgan fingerprint density at radius 3 is 2.43 bits per heavy atom. The highest BCUT2D eigenvalue weighted by Crippen LogP contribution is 2.29. The van der Waals surface area contributed by atoms with E-state index in [1.807, 2.05) is 6.07 Å². The maximum absolute atomic E-state index is 12.6. The highest BCUT2D eigenvalue weighted by atomic mass is 32.1. The number of carbonyl (C=O) groups is 3.